The van der Waals surface area contributed by atoms with E-state index in [9.17, 15) is 14.4 Å². The third-order valence-electron chi connectivity index (χ3n) is 3.84. The van der Waals surface area contributed by atoms with Gasteiger partial charge in [0.15, 0.2) is 11.8 Å². The van der Waals surface area contributed by atoms with Crippen LogP contribution in [-0.4, -0.2) is 36.4 Å². The molecule has 3 N–H and O–H groups in total. The number of carbonyl (C=O) groups excluding carboxylic acids is 3. The largest absolute Gasteiger partial charge is 0.464 e. The Balaban J connectivity index is 2.13. The Hall–Kier alpha value is -2.51. The Morgan fingerprint density at radius 3 is 2.30 bits per heavy atom. The second-order valence-electron chi connectivity index (χ2n) is 5.86. The molecule has 0 bridgehead atoms. The highest BCUT2D eigenvalue weighted by molar-refractivity contribution is 9.10. The minimum absolute atomic E-state index is 0.0922. The van der Waals surface area contributed by atoms with E-state index in [0.717, 1.165) is 10.0 Å². The lowest BCUT2D eigenvalue weighted by molar-refractivity contribution is -0.146. The summed E-state index contributed by atoms with van der Waals surface area (Å²) in [6.07, 6.45) is 0.286. The number of Topliss-reactive ketones (excluding diaryl/α,β-unsaturated/α-hetero) is 1. The summed E-state index contributed by atoms with van der Waals surface area (Å²) in [4.78, 5) is 37.4. The number of carbonyl (C=O) groups is 3. The van der Waals surface area contributed by atoms with Crippen LogP contribution >= 0.6 is 15.9 Å². The van der Waals surface area contributed by atoms with Gasteiger partial charge >= 0.3 is 5.97 Å². The number of esters is 1. The number of nitrogens with two attached hydrogens (primary N) is 1. The molecule has 0 aromatic heterocycles. The predicted molar refractivity (Wildman–Crippen MR) is 105 cm³/mol. The maximum Gasteiger partial charge on any atom is 0.336 e. The molecule has 6 nitrogen and oxygen atoms in total. The van der Waals surface area contributed by atoms with E-state index in [-0.39, 0.29) is 18.6 Å². The molecule has 0 heterocycles. The molecule has 0 radical (unpaired) electrons. The van der Waals surface area contributed by atoms with Gasteiger partial charge in [0.2, 0.25) is 5.91 Å². The molecule has 0 fully saturated rings. The average molecular weight is 433 g/mol. The number of ether oxygens (including phenoxy) is 1. The van der Waals surface area contributed by atoms with Gasteiger partial charge in [-0.3, -0.25) is 9.59 Å². The van der Waals surface area contributed by atoms with E-state index in [1.165, 1.54) is 0 Å². The topological polar surface area (TPSA) is 98.5 Å². The lowest BCUT2D eigenvalue weighted by atomic mass is 10.0. The van der Waals surface area contributed by atoms with E-state index in [1.54, 1.807) is 31.2 Å². The fraction of sp³-hybridized carbons (Fsp3) is 0.250. The molecule has 0 saturated carbocycles. The molecule has 2 rings (SSSR count). The first-order valence-corrected chi connectivity index (χ1v) is 9.28. The van der Waals surface area contributed by atoms with Gasteiger partial charge in [0.05, 0.1) is 12.6 Å². The van der Waals surface area contributed by atoms with E-state index in [2.05, 4.69) is 21.2 Å². The quantitative estimate of drug-likeness (QED) is 0.378. The van der Waals surface area contributed by atoms with Gasteiger partial charge in [-0.05, 0) is 31.0 Å². The summed E-state index contributed by atoms with van der Waals surface area (Å²) in [5.41, 5.74) is 7.12. The molecule has 0 aliphatic heterocycles. The first-order chi connectivity index (χ1) is 12.9. The monoisotopic (exact) mass is 432 g/mol. The lowest BCUT2D eigenvalue weighted by Gasteiger charge is -2.19. The second-order valence-corrected chi connectivity index (χ2v) is 6.78. The molecule has 1 amide bonds. The highest BCUT2D eigenvalue weighted by Gasteiger charge is 2.32. The van der Waals surface area contributed by atoms with E-state index >= 15 is 0 Å². The van der Waals surface area contributed by atoms with Crippen LogP contribution in [0.2, 0.25) is 0 Å². The summed E-state index contributed by atoms with van der Waals surface area (Å²) >= 11 is 3.29. The van der Waals surface area contributed by atoms with Gasteiger partial charge in [-0.15, -0.1) is 0 Å². The van der Waals surface area contributed by atoms with Crippen LogP contribution in [0.15, 0.2) is 59.1 Å². The maximum absolute atomic E-state index is 12.7. The zero-order valence-corrected chi connectivity index (χ0v) is 16.4. The van der Waals surface area contributed by atoms with E-state index in [1.807, 2.05) is 30.3 Å². The van der Waals surface area contributed by atoms with Crippen LogP contribution in [0.3, 0.4) is 0 Å². The van der Waals surface area contributed by atoms with E-state index < -0.39 is 29.7 Å². The number of hydrogen-bond acceptors (Lipinski definition) is 5. The summed E-state index contributed by atoms with van der Waals surface area (Å²) in [5.74, 6) is -1.96. The fourth-order valence-electron chi connectivity index (χ4n) is 2.45. The van der Waals surface area contributed by atoms with Crippen molar-refractivity contribution < 1.29 is 19.1 Å². The summed E-state index contributed by atoms with van der Waals surface area (Å²) in [7, 11) is 0. The van der Waals surface area contributed by atoms with Crippen molar-refractivity contribution in [2.75, 3.05) is 6.61 Å². The Bertz CT molecular complexity index is 793. The van der Waals surface area contributed by atoms with Crippen molar-refractivity contribution in [2.45, 2.75) is 25.4 Å². The van der Waals surface area contributed by atoms with Gasteiger partial charge < -0.3 is 15.8 Å². The van der Waals surface area contributed by atoms with Gasteiger partial charge in [-0.25, -0.2) is 4.79 Å². The molecule has 142 valence electrons. The van der Waals surface area contributed by atoms with Crippen molar-refractivity contribution >= 4 is 33.6 Å². The smallest absolute Gasteiger partial charge is 0.336 e. The van der Waals surface area contributed by atoms with Crippen LogP contribution in [-0.2, 0) is 20.7 Å². The molecule has 0 aliphatic rings. The molecule has 2 aromatic rings. The summed E-state index contributed by atoms with van der Waals surface area (Å²) in [5, 5.41) is 2.43. The molecule has 2 atom stereocenters. The van der Waals surface area contributed by atoms with Crippen LogP contribution in [0.25, 0.3) is 0 Å². The number of benzene rings is 2. The number of ketones is 1. The maximum atomic E-state index is 12.7. The second kappa shape index (κ2) is 9.99. The number of hydrogen-bond donors (Lipinski definition) is 2. The van der Waals surface area contributed by atoms with Crippen molar-refractivity contribution in [1.82, 2.24) is 5.32 Å². The minimum atomic E-state index is -1.44. The number of amides is 1. The van der Waals surface area contributed by atoms with Crippen molar-refractivity contribution in [3.05, 3.63) is 70.2 Å². The molecule has 1 unspecified atom stereocenters. The first-order valence-electron chi connectivity index (χ1n) is 8.48. The third kappa shape index (κ3) is 6.01. The molecular formula is C20H21BrN2O4. The number of nitrogens with one attached hydrogen (secondary N) is 1. The summed E-state index contributed by atoms with van der Waals surface area (Å²) < 4.78 is 5.74. The van der Waals surface area contributed by atoms with Crippen LogP contribution in [0, 0.1) is 0 Å². The van der Waals surface area contributed by atoms with Gasteiger partial charge in [-0.2, -0.15) is 0 Å². The third-order valence-corrected chi connectivity index (χ3v) is 4.36. The van der Waals surface area contributed by atoms with Gasteiger partial charge in [-0.1, -0.05) is 58.4 Å². The van der Waals surface area contributed by atoms with Gasteiger partial charge in [0.1, 0.15) is 0 Å². The van der Waals surface area contributed by atoms with Crippen LogP contribution in [0.5, 0.6) is 0 Å². The molecule has 7 heteroatoms. The predicted octanol–water partition coefficient (Wildman–Crippen LogP) is 2.25. The van der Waals surface area contributed by atoms with E-state index in [4.69, 9.17) is 10.5 Å². The van der Waals surface area contributed by atoms with Crippen molar-refractivity contribution in [3.8, 4) is 0 Å². The molecule has 2 aromatic carbocycles. The SMILES string of the molecule is CCOC(=O)C(NC(=O)[C@@H](N)Cc1ccccc1)C(=O)c1ccc(Br)cc1. The Labute approximate surface area is 166 Å². The van der Waals surface area contributed by atoms with Gasteiger partial charge in [0, 0.05) is 10.0 Å². The highest BCUT2D eigenvalue weighted by atomic mass is 79.9. The summed E-state index contributed by atoms with van der Waals surface area (Å²) in [6, 6.07) is 13.4. The number of halogens is 1. The standard InChI is InChI=1S/C20H21BrN2O4/c1-2-27-20(26)17(18(24)14-8-10-15(21)11-9-14)23-19(25)16(22)12-13-6-4-3-5-7-13/h3-11,16-17H,2,12,22H2,1H3,(H,23,25)/t16-,17?/m0/s1. The Morgan fingerprint density at radius 1 is 1.07 bits per heavy atom. The van der Waals surface area contributed by atoms with Crippen molar-refractivity contribution in [3.63, 3.8) is 0 Å². The number of rotatable bonds is 8. The molecule has 27 heavy (non-hydrogen) atoms. The van der Waals surface area contributed by atoms with Crippen LogP contribution in [0.4, 0.5) is 0 Å². The molecule has 0 aliphatic carbocycles. The van der Waals surface area contributed by atoms with Crippen molar-refractivity contribution in [2.24, 2.45) is 5.73 Å². The van der Waals surface area contributed by atoms with Crippen LogP contribution < -0.4 is 11.1 Å². The summed E-state index contributed by atoms with van der Waals surface area (Å²) in [6.45, 7) is 1.72. The molecular weight excluding hydrogens is 412 g/mol. The first kappa shape index (κ1) is 20.8. The van der Waals surface area contributed by atoms with Crippen molar-refractivity contribution in [1.29, 1.82) is 0 Å². The normalized spacial score (nSPS) is 12.7. The molecule has 0 saturated heterocycles. The minimum Gasteiger partial charge on any atom is -0.464 e. The van der Waals surface area contributed by atoms with E-state index in [0.29, 0.717) is 0 Å². The zero-order chi connectivity index (χ0) is 19.8. The highest BCUT2D eigenvalue weighted by Crippen LogP contribution is 2.13. The zero-order valence-electron chi connectivity index (χ0n) is 14.9. The van der Waals surface area contributed by atoms with Gasteiger partial charge in [0.25, 0.3) is 0 Å². The Kier molecular flexibility index (Phi) is 7.69. The molecule has 0 spiro atoms. The lowest BCUT2D eigenvalue weighted by Crippen LogP contribution is -2.53. The Morgan fingerprint density at radius 2 is 1.70 bits per heavy atom. The average Bonchev–Trinajstić information content (AvgIpc) is 2.67. The fourth-order valence-corrected chi connectivity index (χ4v) is 2.71. The van der Waals surface area contributed by atoms with Crippen LogP contribution in [0.1, 0.15) is 22.8 Å².